The molecule has 0 rings (SSSR count). The maximum atomic E-state index is 8.76. The van der Waals surface area contributed by atoms with Crippen molar-refractivity contribution < 1.29 is 0 Å². The summed E-state index contributed by atoms with van der Waals surface area (Å²) < 4.78 is 0. The Morgan fingerprint density at radius 2 is 2.00 bits per heavy atom. The minimum absolute atomic E-state index is 0.199. The van der Waals surface area contributed by atoms with Gasteiger partial charge in [0, 0.05) is 5.57 Å². The third-order valence-electron chi connectivity index (χ3n) is 1.86. The van der Waals surface area contributed by atoms with E-state index in [1.807, 2.05) is 18.2 Å². The van der Waals surface area contributed by atoms with Crippen LogP contribution in [0.25, 0.3) is 0 Å². The molecule has 0 N–H and O–H groups in total. The van der Waals surface area contributed by atoms with E-state index < -0.39 is 0 Å². The highest BCUT2D eigenvalue weighted by atomic mass is 14.3. The Morgan fingerprint density at radius 3 is 2.36 bits per heavy atom. The molecule has 14 heavy (non-hydrogen) atoms. The second-order valence-electron chi connectivity index (χ2n) is 3.38. The summed E-state index contributed by atoms with van der Waals surface area (Å²) in [4.78, 5) is 0. The molecule has 0 aromatic heterocycles. The van der Waals surface area contributed by atoms with Crippen molar-refractivity contribution in [2.24, 2.45) is 5.92 Å². The van der Waals surface area contributed by atoms with Crippen molar-refractivity contribution in [3.63, 3.8) is 0 Å². The molecule has 0 saturated heterocycles. The van der Waals surface area contributed by atoms with E-state index >= 15 is 0 Å². The molecule has 0 saturated carbocycles. The smallest absolute Gasteiger partial charge is 0.0958 e. The molecule has 0 atom stereocenters. The van der Waals surface area contributed by atoms with Crippen LogP contribution in [-0.4, -0.2) is 0 Å². The molecule has 0 aromatic carbocycles. The zero-order valence-electron chi connectivity index (χ0n) is 9.04. The van der Waals surface area contributed by atoms with E-state index in [2.05, 4.69) is 26.8 Å². The van der Waals surface area contributed by atoms with E-state index in [0.29, 0.717) is 11.5 Å². The fourth-order valence-electron chi connectivity index (χ4n) is 1.11. The predicted molar refractivity (Wildman–Crippen MR) is 57.1 cm³/mol. The molecule has 0 aliphatic heterocycles. The second kappa shape index (κ2) is 6.92. The first-order valence-electron chi connectivity index (χ1n) is 4.83. The van der Waals surface area contributed by atoms with Crippen molar-refractivity contribution >= 4 is 0 Å². The Balaban J connectivity index is 4.81. The maximum Gasteiger partial charge on any atom is 0.0958 e. The van der Waals surface area contributed by atoms with E-state index in [1.54, 1.807) is 0 Å². The van der Waals surface area contributed by atoms with Gasteiger partial charge in [-0.05, 0) is 24.0 Å². The number of hydrogen-bond acceptors (Lipinski definition) is 2. The van der Waals surface area contributed by atoms with Crippen molar-refractivity contribution in [2.45, 2.75) is 33.6 Å². The summed E-state index contributed by atoms with van der Waals surface area (Å²) in [5.74, 6) is 0.400. The summed E-state index contributed by atoms with van der Waals surface area (Å²) in [5, 5.41) is 17.2. The second-order valence-corrected chi connectivity index (χ2v) is 3.38. The lowest BCUT2D eigenvalue weighted by Crippen LogP contribution is -1.92. The van der Waals surface area contributed by atoms with E-state index in [4.69, 9.17) is 10.5 Å². The van der Waals surface area contributed by atoms with Gasteiger partial charge >= 0.3 is 0 Å². The lowest BCUT2D eigenvalue weighted by atomic mass is 9.99. The number of nitriles is 2. The van der Waals surface area contributed by atoms with Gasteiger partial charge in [-0.1, -0.05) is 26.8 Å². The average Bonchev–Trinajstić information content (AvgIpc) is 2.15. The van der Waals surface area contributed by atoms with Gasteiger partial charge in [0.1, 0.15) is 0 Å². The first-order chi connectivity index (χ1) is 6.65. The largest absolute Gasteiger partial charge is 0.198 e. The fraction of sp³-hybridized carbons (Fsp3) is 0.500. The van der Waals surface area contributed by atoms with Gasteiger partial charge in [-0.25, -0.2) is 0 Å². The first-order valence-corrected chi connectivity index (χ1v) is 4.83. The van der Waals surface area contributed by atoms with Gasteiger partial charge in [0.25, 0.3) is 0 Å². The third kappa shape index (κ3) is 4.48. The van der Waals surface area contributed by atoms with Gasteiger partial charge < -0.3 is 0 Å². The molecule has 0 heterocycles. The Hall–Kier alpha value is -1.54. The van der Waals surface area contributed by atoms with Gasteiger partial charge in [-0.3, -0.25) is 0 Å². The Bertz CT molecular complexity index is 308. The lowest BCUT2D eigenvalue weighted by Gasteiger charge is -2.06. The van der Waals surface area contributed by atoms with Gasteiger partial charge in [0.2, 0.25) is 0 Å². The minimum Gasteiger partial charge on any atom is -0.198 e. The van der Waals surface area contributed by atoms with E-state index in [-0.39, 0.29) is 6.42 Å². The monoisotopic (exact) mass is 188 g/mol. The minimum atomic E-state index is 0.199. The third-order valence-corrected chi connectivity index (χ3v) is 1.86. The summed E-state index contributed by atoms with van der Waals surface area (Å²) in [6, 6.07) is 4.03. The highest BCUT2D eigenvalue weighted by molar-refractivity contribution is 5.34. The van der Waals surface area contributed by atoms with Crippen molar-refractivity contribution in [1.82, 2.24) is 0 Å². The van der Waals surface area contributed by atoms with Crippen LogP contribution < -0.4 is 0 Å². The van der Waals surface area contributed by atoms with Crippen LogP contribution in [0, 0.1) is 28.6 Å². The van der Waals surface area contributed by atoms with E-state index in [9.17, 15) is 0 Å². The van der Waals surface area contributed by atoms with Crippen LogP contribution in [0.5, 0.6) is 0 Å². The molecular formula is C12H16N2. The van der Waals surface area contributed by atoms with E-state index in [0.717, 1.165) is 12.0 Å². The molecule has 0 aromatic rings. The fourth-order valence-corrected chi connectivity index (χ4v) is 1.11. The van der Waals surface area contributed by atoms with Crippen LogP contribution in [0.15, 0.2) is 23.3 Å². The molecule has 0 aliphatic rings. The predicted octanol–water partition coefficient (Wildman–Crippen LogP) is 3.34. The molecule has 0 bridgehead atoms. The molecular weight excluding hydrogens is 172 g/mol. The Kier molecular flexibility index (Phi) is 6.16. The maximum absolute atomic E-state index is 8.76. The van der Waals surface area contributed by atoms with Gasteiger partial charge in [-0.15, -0.1) is 0 Å². The Morgan fingerprint density at radius 1 is 1.36 bits per heavy atom. The highest BCUT2D eigenvalue weighted by Gasteiger charge is 2.01. The summed E-state index contributed by atoms with van der Waals surface area (Å²) in [5.41, 5.74) is 1.68. The van der Waals surface area contributed by atoms with Gasteiger partial charge in [-0.2, -0.15) is 10.5 Å². The molecule has 0 spiro atoms. The number of hydrogen-bond donors (Lipinski definition) is 0. The normalized spacial score (nSPS) is 12.4. The first kappa shape index (κ1) is 12.5. The SMILES string of the molecule is CC/C=C(\C=C(\C#N)CC#N)C(C)C. The van der Waals surface area contributed by atoms with Gasteiger partial charge in [0.05, 0.1) is 18.6 Å². The van der Waals surface area contributed by atoms with Crippen LogP contribution in [0.1, 0.15) is 33.6 Å². The number of allylic oxidation sites excluding steroid dienone is 4. The van der Waals surface area contributed by atoms with Crippen molar-refractivity contribution in [3.05, 3.63) is 23.3 Å². The van der Waals surface area contributed by atoms with Crippen molar-refractivity contribution in [3.8, 4) is 12.1 Å². The van der Waals surface area contributed by atoms with Crippen LogP contribution in [-0.2, 0) is 0 Å². The number of nitrogens with zero attached hydrogens (tertiary/aromatic N) is 2. The number of rotatable bonds is 4. The highest BCUT2D eigenvalue weighted by Crippen LogP contribution is 2.15. The summed E-state index contributed by atoms with van der Waals surface area (Å²) in [6.07, 6.45) is 5.08. The zero-order chi connectivity index (χ0) is 11.0. The van der Waals surface area contributed by atoms with E-state index in [1.165, 1.54) is 0 Å². The Labute approximate surface area is 86.2 Å². The molecule has 2 nitrogen and oxygen atoms in total. The zero-order valence-corrected chi connectivity index (χ0v) is 9.04. The lowest BCUT2D eigenvalue weighted by molar-refractivity contribution is 0.783. The topological polar surface area (TPSA) is 47.6 Å². The molecule has 0 unspecified atom stereocenters. The van der Waals surface area contributed by atoms with Crippen LogP contribution in [0.3, 0.4) is 0 Å². The van der Waals surface area contributed by atoms with Crippen LogP contribution >= 0.6 is 0 Å². The molecule has 0 amide bonds. The average molecular weight is 188 g/mol. The molecule has 0 radical (unpaired) electrons. The van der Waals surface area contributed by atoms with Crippen molar-refractivity contribution in [1.29, 1.82) is 10.5 Å². The van der Waals surface area contributed by atoms with Gasteiger partial charge in [0.15, 0.2) is 0 Å². The van der Waals surface area contributed by atoms with Crippen molar-refractivity contribution in [2.75, 3.05) is 0 Å². The summed E-state index contributed by atoms with van der Waals surface area (Å²) in [6.45, 7) is 6.23. The summed E-state index contributed by atoms with van der Waals surface area (Å²) >= 11 is 0. The quantitative estimate of drug-likeness (QED) is 0.501. The summed E-state index contributed by atoms with van der Waals surface area (Å²) in [7, 11) is 0. The van der Waals surface area contributed by atoms with Crippen LogP contribution in [0.2, 0.25) is 0 Å². The molecule has 0 aliphatic carbocycles. The molecule has 0 fully saturated rings. The molecule has 2 heteroatoms. The molecule has 74 valence electrons. The van der Waals surface area contributed by atoms with Crippen LogP contribution in [0.4, 0.5) is 0 Å². The standard InChI is InChI=1S/C12H16N2/c1-4-5-12(10(2)3)8-11(9-14)6-7-13/h5,8,10H,4,6H2,1-3H3/b11-8+,12-5+.